The molecular weight excluding hydrogens is 332 g/mol. The van der Waals surface area contributed by atoms with Gasteiger partial charge in [-0.1, -0.05) is 35.2 Å². The fourth-order valence-corrected chi connectivity index (χ4v) is 3.19. The second-order valence-corrected chi connectivity index (χ2v) is 6.32. The van der Waals surface area contributed by atoms with E-state index in [0.29, 0.717) is 22.7 Å². The molecule has 0 radical (unpaired) electrons. The smallest absolute Gasteiger partial charge is 0.322 e. The molecule has 0 fully saturated rings. The van der Waals surface area contributed by atoms with Gasteiger partial charge >= 0.3 is 5.97 Å². The number of fused-ring (bicyclic) bond motifs is 1. The van der Waals surface area contributed by atoms with E-state index in [-0.39, 0.29) is 0 Å². The summed E-state index contributed by atoms with van der Waals surface area (Å²) >= 11 is 2.85. The maximum Gasteiger partial charge on any atom is 0.322 e. The van der Waals surface area contributed by atoms with Crippen LogP contribution >= 0.6 is 23.1 Å². The first-order chi connectivity index (χ1) is 11.2. The second-order valence-electron chi connectivity index (χ2n) is 4.54. The Morgan fingerprint density at radius 1 is 1.43 bits per heavy atom. The third kappa shape index (κ3) is 3.48. The van der Waals surface area contributed by atoms with Crippen LogP contribution in [0.2, 0.25) is 0 Å². The van der Waals surface area contributed by atoms with Gasteiger partial charge in [0.15, 0.2) is 16.9 Å². The summed E-state index contributed by atoms with van der Waals surface area (Å²) in [5.41, 5.74) is 0.878. The third-order valence-corrected chi connectivity index (χ3v) is 4.53. The zero-order chi connectivity index (χ0) is 16.2. The maximum atomic E-state index is 12.1. The highest BCUT2D eigenvalue weighted by Crippen LogP contribution is 2.29. The number of hydrogen-bond donors (Lipinski definition) is 0. The number of thioether (sulfide) groups is 1. The number of ether oxygens (including phenoxy) is 1. The Labute approximate surface area is 141 Å². The van der Waals surface area contributed by atoms with E-state index in [0.717, 1.165) is 10.2 Å². The number of thiazole rings is 1. The van der Waals surface area contributed by atoms with Crippen LogP contribution in [0.1, 0.15) is 6.92 Å². The summed E-state index contributed by atoms with van der Waals surface area (Å²) in [6.45, 7) is 2.06. The van der Waals surface area contributed by atoms with Gasteiger partial charge in [-0.3, -0.25) is 4.79 Å². The highest BCUT2D eigenvalue weighted by molar-refractivity contribution is 8.13. The molecule has 0 bridgehead atoms. The lowest BCUT2D eigenvalue weighted by atomic mass is 10.1. The van der Waals surface area contributed by atoms with Gasteiger partial charge in [0.25, 0.3) is 0 Å². The molecule has 2 aromatic rings. The second kappa shape index (κ2) is 7.01. The number of amidine groups is 2. The summed E-state index contributed by atoms with van der Waals surface area (Å²) in [6.07, 6.45) is 3.40. The summed E-state index contributed by atoms with van der Waals surface area (Å²) in [5.74, 6) is -0.736. The van der Waals surface area contributed by atoms with Crippen molar-refractivity contribution in [3.05, 3.63) is 24.3 Å². The molecule has 1 atom stereocenters. The number of aliphatic imine (C=N–C) groups is 3. The Morgan fingerprint density at radius 2 is 2.26 bits per heavy atom. The highest BCUT2D eigenvalue weighted by atomic mass is 32.2. The van der Waals surface area contributed by atoms with Crippen LogP contribution in [-0.4, -0.2) is 41.0 Å². The molecule has 1 aliphatic heterocycles. The van der Waals surface area contributed by atoms with Gasteiger partial charge in [-0.15, -0.1) is 0 Å². The number of carbonyl (C=O) groups excluding carboxylic acids is 1. The predicted octanol–water partition coefficient (Wildman–Crippen LogP) is 3.31. The number of hydrogen-bond acceptors (Lipinski definition) is 7. The van der Waals surface area contributed by atoms with Crippen LogP contribution in [-0.2, 0) is 9.53 Å². The van der Waals surface area contributed by atoms with Crippen molar-refractivity contribution in [3.8, 4) is 0 Å². The van der Waals surface area contributed by atoms with Gasteiger partial charge < -0.3 is 4.74 Å². The van der Waals surface area contributed by atoms with Gasteiger partial charge in [-0.2, -0.15) is 0 Å². The minimum atomic E-state index is -0.696. The van der Waals surface area contributed by atoms with Gasteiger partial charge in [-0.25, -0.2) is 20.0 Å². The summed E-state index contributed by atoms with van der Waals surface area (Å²) in [6, 6.07) is 7.80. The van der Waals surface area contributed by atoms with Crippen LogP contribution in [0, 0.1) is 5.92 Å². The minimum absolute atomic E-state index is 0.302. The summed E-state index contributed by atoms with van der Waals surface area (Å²) in [7, 11) is 0. The summed E-state index contributed by atoms with van der Waals surface area (Å²) in [5, 5.41) is 1.13. The average molecular weight is 346 g/mol. The largest absolute Gasteiger partial charge is 0.465 e. The molecule has 6 nitrogen and oxygen atoms in total. The molecule has 0 aliphatic carbocycles. The van der Waals surface area contributed by atoms with Crippen LogP contribution < -0.4 is 0 Å². The molecule has 0 saturated carbocycles. The topological polar surface area (TPSA) is 76.3 Å². The van der Waals surface area contributed by atoms with Crippen molar-refractivity contribution in [2.24, 2.45) is 20.9 Å². The number of aromatic nitrogens is 1. The van der Waals surface area contributed by atoms with Crippen LogP contribution in [0.4, 0.5) is 5.13 Å². The molecule has 8 heteroatoms. The predicted molar refractivity (Wildman–Crippen MR) is 96.3 cm³/mol. The summed E-state index contributed by atoms with van der Waals surface area (Å²) in [4.78, 5) is 29.5. The molecule has 0 spiro atoms. The molecule has 0 amide bonds. The van der Waals surface area contributed by atoms with E-state index in [9.17, 15) is 4.79 Å². The third-order valence-electron chi connectivity index (χ3n) is 3.04. The lowest BCUT2D eigenvalue weighted by Gasteiger charge is -2.14. The average Bonchev–Trinajstić information content (AvgIpc) is 2.97. The number of esters is 1. The normalized spacial score (nSPS) is 19.1. The van der Waals surface area contributed by atoms with Crippen molar-refractivity contribution < 1.29 is 9.53 Å². The van der Waals surface area contributed by atoms with Crippen molar-refractivity contribution in [3.63, 3.8) is 0 Å². The lowest BCUT2D eigenvalue weighted by molar-refractivity contribution is -0.143. The molecule has 23 heavy (non-hydrogen) atoms. The monoisotopic (exact) mass is 346 g/mol. The maximum absolute atomic E-state index is 12.1. The first kappa shape index (κ1) is 15.8. The van der Waals surface area contributed by atoms with Crippen LogP contribution in [0.25, 0.3) is 10.2 Å². The molecule has 118 valence electrons. The van der Waals surface area contributed by atoms with Gasteiger partial charge in [0.1, 0.15) is 0 Å². The van der Waals surface area contributed by atoms with E-state index >= 15 is 0 Å². The molecule has 0 N–H and O–H groups in total. The van der Waals surface area contributed by atoms with Crippen molar-refractivity contribution in [1.29, 1.82) is 0 Å². The SMILES string of the molecule is CCOC(=O)C1C=NC(SC)=N/C1=N\c1nc2ccccc2s1. The quantitative estimate of drug-likeness (QED) is 0.799. The minimum Gasteiger partial charge on any atom is -0.465 e. The Hall–Kier alpha value is -2.06. The van der Waals surface area contributed by atoms with E-state index in [1.807, 2.05) is 30.5 Å². The fourth-order valence-electron chi connectivity index (χ4n) is 2.00. The van der Waals surface area contributed by atoms with Crippen molar-refractivity contribution in [2.45, 2.75) is 6.92 Å². The van der Waals surface area contributed by atoms with E-state index in [4.69, 9.17) is 4.74 Å². The Bertz CT molecular complexity index is 793. The molecule has 1 unspecified atom stereocenters. The van der Waals surface area contributed by atoms with Crippen molar-refractivity contribution in [1.82, 2.24) is 4.98 Å². The zero-order valence-electron chi connectivity index (χ0n) is 12.6. The highest BCUT2D eigenvalue weighted by Gasteiger charge is 2.28. The van der Waals surface area contributed by atoms with Crippen molar-refractivity contribution >= 4 is 61.6 Å². The van der Waals surface area contributed by atoms with Crippen molar-refractivity contribution in [2.75, 3.05) is 12.9 Å². The van der Waals surface area contributed by atoms with Crippen LogP contribution in [0.15, 0.2) is 39.2 Å². The van der Waals surface area contributed by atoms with Gasteiger partial charge in [0.2, 0.25) is 5.13 Å². The number of para-hydroxylation sites is 1. The van der Waals surface area contributed by atoms with Gasteiger partial charge in [0, 0.05) is 6.21 Å². The Kier molecular flexibility index (Phi) is 4.82. The van der Waals surface area contributed by atoms with Gasteiger partial charge in [-0.05, 0) is 25.3 Å². The standard InChI is InChI=1S/C15H14N4O2S2/c1-3-21-13(20)9-8-16-14(22-2)18-12(9)19-15-17-10-6-4-5-7-11(10)23-15/h4-9H,3H2,1-2H3/b19-12-. The number of carbonyl (C=O) groups is 1. The van der Waals surface area contributed by atoms with Crippen LogP contribution in [0.5, 0.6) is 0 Å². The molecule has 0 saturated heterocycles. The molecule has 1 aromatic heterocycles. The number of rotatable bonds is 3. The first-order valence-electron chi connectivity index (χ1n) is 6.99. The van der Waals surface area contributed by atoms with Crippen LogP contribution in [0.3, 0.4) is 0 Å². The number of nitrogens with zero attached hydrogens (tertiary/aromatic N) is 4. The summed E-state index contributed by atoms with van der Waals surface area (Å²) < 4.78 is 6.11. The van der Waals surface area contributed by atoms with E-state index in [2.05, 4.69) is 20.0 Å². The molecule has 3 rings (SSSR count). The first-order valence-corrected chi connectivity index (χ1v) is 9.03. The number of benzene rings is 1. The molecule has 1 aromatic carbocycles. The van der Waals surface area contributed by atoms with E-state index in [1.165, 1.54) is 29.3 Å². The Morgan fingerprint density at radius 3 is 3.00 bits per heavy atom. The molecular formula is C15H14N4O2S2. The lowest BCUT2D eigenvalue weighted by Crippen LogP contribution is -2.29. The zero-order valence-corrected chi connectivity index (χ0v) is 14.2. The van der Waals surface area contributed by atoms with Gasteiger partial charge in [0.05, 0.1) is 16.8 Å². The Balaban J connectivity index is 1.99. The molecule has 1 aliphatic rings. The van der Waals surface area contributed by atoms with E-state index in [1.54, 1.807) is 6.92 Å². The molecule has 2 heterocycles. The fraction of sp³-hybridized carbons (Fsp3) is 0.267. The van der Waals surface area contributed by atoms with E-state index < -0.39 is 11.9 Å².